The van der Waals surface area contributed by atoms with Crippen LogP contribution in [-0.2, 0) is 15.1 Å². The fourth-order valence-corrected chi connectivity index (χ4v) is 2.43. The zero-order valence-electron chi connectivity index (χ0n) is 10.3. The van der Waals surface area contributed by atoms with Crippen molar-refractivity contribution in [2.45, 2.75) is 31.1 Å². The minimum absolute atomic E-state index is 0.0657. The van der Waals surface area contributed by atoms with Gasteiger partial charge < -0.3 is 22.2 Å². The van der Waals surface area contributed by atoms with Crippen LogP contribution in [0, 0.1) is 5.41 Å². The van der Waals surface area contributed by atoms with Crippen LogP contribution < -0.4 is 21.5 Å². The number of carbonyl (C=O) groups excluding carboxylic acids is 1. The Bertz CT molecular complexity index is 527. The van der Waals surface area contributed by atoms with E-state index in [1.807, 2.05) is 4.72 Å². The first-order valence-electron chi connectivity index (χ1n) is 5.43. The molecule has 0 aromatic heterocycles. The van der Waals surface area contributed by atoms with E-state index in [1.165, 1.54) is 6.08 Å². The average molecular weight is 291 g/mol. The highest BCUT2D eigenvalue weighted by molar-refractivity contribution is 7.83. The minimum atomic E-state index is -4.67. The number of nitrogens with one attached hydrogen (secondary N) is 3. The average Bonchev–Trinajstić information content (AvgIpc) is 2.21. The van der Waals surface area contributed by atoms with E-state index in [9.17, 15) is 13.2 Å². The molecule has 1 rings (SSSR count). The van der Waals surface area contributed by atoms with Gasteiger partial charge in [-0.15, -0.1) is 0 Å². The van der Waals surface area contributed by atoms with Gasteiger partial charge in [-0.2, -0.15) is 13.1 Å². The van der Waals surface area contributed by atoms with E-state index in [0.29, 0.717) is 0 Å². The Kier molecular flexibility index (Phi) is 4.12. The molecule has 1 aliphatic rings. The Morgan fingerprint density at radius 2 is 2.16 bits per heavy atom. The highest BCUT2D eigenvalue weighted by atomic mass is 32.2. The molecule has 8 N–H and O–H groups in total. The molecule has 1 unspecified atom stereocenters. The molecule has 0 heterocycles. The standard InChI is InChI=1S/C9H17N5O4S/c1-2-7(15)13-9(14-19(16,17)18)4-3-6(10)5-8(9,11)12/h3-4,10,14H,2,5,11-12H2,1H3,(H,13,15)(H,16,17,18). The second-order valence-corrected chi connectivity index (χ2v) is 5.52. The van der Waals surface area contributed by atoms with Gasteiger partial charge in [-0.1, -0.05) is 6.92 Å². The summed E-state index contributed by atoms with van der Waals surface area (Å²) in [5, 5.41) is 9.81. The van der Waals surface area contributed by atoms with E-state index in [2.05, 4.69) is 5.32 Å². The monoisotopic (exact) mass is 291 g/mol. The number of carbonyl (C=O) groups is 1. The molecule has 0 radical (unpaired) electrons. The van der Waals surface area contributed by atoms with Gasteiger partial charge in [0.25, 0.3) is 0 Å². The number of amides is 1. The topological polar surface area (TPSA) is 171 Å². The minimum Gasteiger partial charge on any atom is -0.331 e. The second kappa shape index (κ2) is 4.98. The maximum atomic E-state index is 11.5. The van der Waals surface area contributed by atoms with Crippen LogP contribution >= 0.6 is 0 Å². The Hall–Kier alpha value is -1.33. The van der Waals surface area contributed by atoms with Gasteiger partial charge in [0.1, 0.15) is 5.66 Å². The van der Waals surface area contributed by atoms with Crippen LogP contribution in [0.5, 0.6) is 0 Å². The third-order valence-corrected chi connectivity index (χ3v) is 3.28. The first-order valence-corrected chi connectivity index (χ1v) is 6.87. The summed E-state index contributed by atoms with van der Waals surface area (Å²) < 4.78 is 32.8. The molecule has 10 heteroatoms. The summed E-state index contributed by atoms with van der Waals surface area (Å²) >= 11 is 0. The van der Waals surface area contributed by atoms with Crippen LogP contribution in [0.25, 0.3) is 0 Å². The molecule has 19 heavy (non-hydrogen) atoms. The van der Waals surface area contributed by atoms with Crippen LogP contribution in [0.15, 0.2) is 12.2 Å². The second-order valence-electron chi connectivity index (χ2n) is 4.36. The molecular weight excluding hydrogens is 274 g/mol. The predicted octanol–water partition coefficient (Wildman–Crippen LogP) is -1.81. The summed E-state index contributed by atoms with van der Waals surface area (Å²) in [5.41, 5.74) is 7.97. The Morgan fingerprint density at radius 3 is 2.58 bits per heavy atom. The van der Waals surface area contributed by atoms with Crippen molar-refractivity contribution in [1.29, 1.82) is 5.41 Å². The van der Waals surface area contributed by atoms with Crippen molar-refractivity contribution in [3.05, 3.63) is 12.2 Å². The van der Waals surface area contributed by atoms with E-state index < -0.39 is 27.5 Å². The molecule has 9 nitrogen and oxygen atoms in total. The summed E-state index contributed by atoms with van der Waals surface area (Å²) in [6, 6.07) is 0. The Balaban J connectivity index is 3.29. The van der Waals surface area contributed by atoms with Gasteiger partial charge in [0.05, 0.1) is 0 Å². The molecule has 108 valence electrons. The molecule has 0 aliphatic heterocycles. The van der Waals surface area contributed by atoms with Gasteiger partial charge in [0.2, 0.25) is 5.91 Å². The van der Waals surface area contributed by atoms with Gasteiger partial charge in [-0.05, 0) is 12.2 Å². The lowest BCUT2D eigenvalue weighted by Gasteiger charge is -2.45. The van der Waals surface area contributed by atoms with Crippen molar-refractivity contribution in [3.63, 3.8) is 0 Å². The predicted molar refractivity (Wildman–Crippen MR) is 68.4 cm³/mol. The number of nitrogens with two attached hydrogens (primary N) is 2. The molecule has 0 fully saturated rings. The van der Waals surface area contributed by atoms with Gasteiger partial charge in [0, 0.05) is 18.6 Å². The van der Waals surface area contributed by atoms with Crippen LogP contribution in [0.1, 0.15) is 19.8 Å². The molecule has 0 saturated carbocycles. The van der Waals surface area contributed by atoms with Gasteiger partial charge >= 0.3 is 10.3 Å². The van der Waals surface area contributed by atoms with Crippen molar-refractivity contribution in [1.82, 2.24) is 10.0 Å². The van der Waals surface area contributed by atoms with E-state index in [1.54, 1.807) is 6.92 Å². The Labute approximate surface area is 110 Å². The maximum Gasteiger partial charge on any atom is 0.335 e. The van der Waals surface area contributed by atoms with E-state index in [0.717, 1.165) is 6.08 Å². The van der Waals surface area contributed by atoms with Crippen LogP contribution in [0.4, 0.5) is 0 Å². The molecular formula is C9H17N5O4S. The third-order valence-electron chi connectivity index (χ3n) is 2.70. The zero-order chi connectivity index (χ0) is 14.9. The van der Waals surface area contributed by atoms with Crippen LogP contribution in [0.2, 0.25) is 0 Å². The normalized spacial score (nSPS) is 26.2. The van der Waals surface area contributed by atoms with Crippen molar-refractivity contribution in [2.75, 3.05) is 0 Å². The lowest BCUT2D eigenvalue weighted by molar-refractivity contribution is -0.123. The lowest BCUT2D eigenvalue weighted by atomic mass is 9.84. The largest absolute Gasteiger partial charge is 0.335 e. The van der Waals surface area contributed by atoms with Crippen molar-refractivity contribution in [3.8, 4) is 0 Å². The molecule has 0 aromatic carbocycles. The van der Waals surface area contributed by atoms with Gasteiger partial charge in [-0.3, -0.25) is 9.35 Å². The third kappa shape index (κ3) is 3.58. The molecule has 0 bridgehead atoms. The van der Waals surface area contributed by atoms with Crippen LogP contribution in [-0.4, -0.2) is 35.9 Å². The SMILES string of the molecule is CCC(=O)NC1(NS(=O)(=O)O)C=CC(=N)CC1(N)N. The molecule has 0 spiro atoms. The first kappa shape index (κ1) is 15.7. The molecule has 1 aliphatic carbocycles. The van der Waals surface area contributed by atoms with E-state index in [4.69, 9.17) is 21.4 Å². The quantitative estimate of drug-likeness (QED) is 0.263. The van der Waals surface area contributed by atoms with E-state index >= 15 is 0 Å². The molecule has 1 amide bonds. The van der Waals surface area contributed by atoms with Crippen molar-refractivity contribution < 1.29 is 17.8 Å². The number of rotatable bonds is 4. The van der Waals surface area contributed by atoms with Gasteiger partial charge in [-0.25, -0.2) is 0 Å². The summed E-state index contributed by atoms with van der Waals surface area (Å²) in [7, 11) is -4.67. The van der Waals surface area contributed by atoms with Crippen LogP contribution in [0.3, 0.4) is 0 Å². The Morgan fingerprint density at radius 1 is 1.58 bits per heavy atom. The highest BCUT2D eigenvalue weighted by Gasteiger charge is 2.50. The van der Waals surface area contributed by atoms with Gasteiger partial charge in [0.15, 0.2) is 5.66 Å². The summed E-state index contributed by atoms with van der Waals surface area (Å²) in [6.07, 6.45) is 2.28. The molecule has 0 aromatic rings. The number of hydrogen-bond donors (Lipinski definition) is 6. The zero-order valence-corrected chi connectivity index (χ0v) is 11.1. The molecule has 1 atom stereocenters. The smallest absolute Gasteiger partial charge is 0.331 e. The lowest BCUT2D eigenvalue weighted by Crippen LogP contribution is -2.80. The summed E-state index contributed by atoms with van der Waals surface area (Å²) in [5.74, 6) is -0.519. The fraction of sp³-hybridized carbons (Fsp3) is 0.556. The van der Waals surface area contributed by atoms with Crippen molar-refractivity contribution >= 4 is 21.9 Å². The number of allylic oxidation sites excluding steroid dienone is 1. The first-order chi connectivity index (χ1) is 8.51. The van der Waals surface area contributed by atoms with E-state index in [-0.39, 0.29) is 18.6 Å². The molecule has 0 saturated heterocycles. The summed E-state index contributed by atoms with van der Waals surface area (Å²) in [6.45, 7) is 1.56. The summed E-state index contributed by atoms with van der Waals surface area (Å²) in [4.78, 5) is 11.5. The number of hydrogen-bond acceptors (Lipinski definition) is 6. The highest BCUT2D eigenvalue weighted by Crippen LogP contribution is 2.24. The van der Waals surface area contributed by atoms with Crippen molar-refractivity contribution in [2.24, 2.45) is 11.5 Å². The fourth-order valence-electron chi connectivity index (χ4n) is 1.72. The maximum absolute atomic E-state index is 11.5.